The number of pyridine rings is 2. The maximum absolute atomic E-state index is 11.6. The number of imidazole rings is 1. The second-order valence-electron chi connectivity index (χ2n) is 10.1. The van der Waals surface area contributed by atoms with Gasteiger partial charge in [-0.15, -0.1) is 0 Å². The van der Waals surface area contributed by atoms with Crippen LogP contribution in [0.1, 0.15) is 40.3 Å². The lowest BCUT2D eigenvalue weighted by Crippen LogP contribution is -2.33. The molecule has 2 unspecified atom stereocenters. The first-order valence-electron chi connectivity index (χ1n) is 13.3. The van der Waals surface area contributed by atoms with Crippen LogP contribution in [0.25, 0.3) is 11.0 Å². The Balaban J connectivity index is 1.09. The van der Waals surface area contributed by atoms with E-state index < -0.39 is 5.97 Å². The molecule has 204 valence electrons. The number of fused-ring (bicyclic) bond motifs is 1. The first-order chi connectivity index (χ1) is 19.5. The van der Waals surface area contributed by atoms with E-state index in [1.54, 1.807) is 30.3 Å². The number of aromatic carboxylic acids is 1. The molecule has 1 aromatic carbocycles. The normalized spacial score (nSPS) is 18.8. The summed E-state index contributed by atoms with van der Waals surface area (Å²) in [6.07, 6.45) is 3.61. The fourth-order valence-corrected chi connectivity index (χ4v) is 5.06. The molecule has 0 bridgehead atoms. The van der Waals surface area contributed by atoms with Crippen LogP contribution in [0.5, 0.6) is 5.88 Å². The van der Waals surface area contributed by atoms with Gasteiger partial charge in [-0.3, -0.25) is 9.88 Å². The van der Waals surface area contributed by atoms with Crippen LogP contribution in [0.4, 0.5) is 5.82 Å². The Morgan fingerprint density at radius 2 is 2.10 bits per heavy atom. The number of carbonyl (C=O) groups is 1. The van der Waals surface area contributed by atoms with Crippen molar-refractivity contribution < 1.29 is 19.4 Å². The van der Waals surface area contributed by atoms with E-state index in [-0.39, 0.29) is 24.3 Å². The lowest BCUT2D eigenvalue weighted by molar-refractivity contribution is -0.0591. The van der Waals surface area contributed by atoms with Crippen molar-refractivity contribution in [3.63, 3.8) is 0 Å². The summed E-state index contributed by atoms with van der Waals surface area (Å²) in [5.41, 5.74) is 3.12. The number of ether oxygens (including phenoxy) is 2. The van der Waals surface area contributed by atoms with Crippen molar-refractivity contribution in [3.8, 4) is 11.9 Å². The summed E-state index contributed by atoms with van der Waals surface area (Å²) >= 11 is 0. The van der Waals surface area contributed by atoms with Crippen LogP contribution >= 0.6 is 0 Å². The molecule has 11 heteroatoms. The molecule has 2 fully saturated rings. The van der Waals surface area contributed by atoms with Crippen LogP contribution in [0, 0.1) is 11.3 Å². The molecule has 6 rings (SSSR count). The Bertz CT molecular complexity index is 1560. The van der Waals surface area contributed by atoms with Crippen LogP contribution in [0.3, 0.4) is 0 Å². The molecule has 0 aliphatic carbocycles. The van der Waals surface area contributed by atoms with Crippen LogP contribution in [-0.2, 0) is 24.4 Å². The number of nitrogens with one attached hydrogen (secondary N) is 1. The van der Waals surface area contributed by atoms with E-state index in [1.165, 1.54) is 6.20 Å². The van der Waals surface area contributed by atoms with Crippen LogP contribution < -0.4 is 10.1 Å². The Labute approximate surface area is 231 Å². The van der Waals surface area contributed by atoms with E-state index in [4.69, 9.17) is 19.7 Å². The zero-order chi connectivity index (χ0) is 27.5. The average Bonchev–Trinajstić information content (AvgIpc) is 3.53. The summed E-state index contributed by atoms with van der Waals surface area (Å²) in [6.45, 7) is 4.09. The van der Waals surface area contributed by atoms with Gasteiger partial charge >= 0.3 is 5.97 Å². The summed E-state index contributed by atoms with van der Waals surface area (Å²) in [4.78, 5) is 27.6. The third-order valence-corrected chi connectivity index (χ3v) is 7.29. The molecule has 0 spiro atoms. The van der Waals surface area contributed by atoms with E-state index >= 15 is 0 Å². The molecule has 0 saturated carbocycles. The highest BCUT2D eigenvalue weighted by Crippen LogP contribution is 2.25. The minimum Gasteiger partial charge on any atom is -0.478 e. The van der Waals surface area contributed by atoms with Gasteiger partial charge in [-0.1, -0.05) is 6.07 Å². The maximum atomic E-state index is 11.6. The molecular formula is C29H29N7O4. The van der Waals surface area contributed by atoms with Crippen molar-refractivity contribution in [2.45, 2.75) is 44.7 Å². The first-order valence-corrected chi connectivity index (χ1v) is 13.3. The molecule has 2 aliphatic heterocycles. The molecular weight excluding hydrogens is 510 g/mol. The number of nitriles is 1. The van der Waals surface area contributed by atoms with Crippen molar-refractivity contribution in [1.29, 1.82) is 5.26 Å². The van der Waals surface area contributed by atoms with Crippen LogP contribution in [0.15, 0.2) is 54.7 Å². The SMILES string of the molecule is N#Cc1ccc(COc2cccc(NC3CCN(Cc4nc5ccc(C(=O)O)cc5n4CC4CCO4)C3)n2)nc1. The van der Waals surface area contributed by atoms with E-state index in [1.807, 2.05) is 18.2 Å². The molecule has 0 radical (unpaired) electrons. The zero-order valence-electron chi connectivity index (χ0n) is 21.9. The lowest BCUT2D eigenvalue weighted by atomic mass is 10.1. The van der Waals surface area contributed by atoms with Crippen molar-refractivity contribution >= 4 is 22.8 Å². The van der Waals surface area contributed by atoms with E-state index in [0.29, 0.717) is 24.5 Å². The van der Waals surface area contributed by atoms with Gasteiger partial charge in [0.2, 0.25) is 5.88 Å². The van der Waals surface area contributed by atoms with Crippen molar-refractivity contribution in [1.82, 2.24) is 24.4 Å². The summed E-state index contributed by atoms with van der Waals surface area (Å²) < 4.78 is 13.6. The second kappa shape index (κ2) is 11.3. The topological polar surface area (TPSA) is 138 Å². The average molecular weight is 540 g/mol. The number of aromatic nitrogens is 4. The van der Waals surface area contributed by atoms with Crippen molar-refractivity contribution in [2.24, 2.45) is 0 Å². The molecule has 3 aromatic heterocycles. The third-order valence-electron chi connectivity index (χ3n) is 7.29. The molecule has 0 amide bonds. The van der Waals surface area contributed by atoms with Gasteiger partial charge in [0, 0.05) is 38.0 Å². The van der Waals surface area contributed by atoms with Crippen LogP contribution in [0.2, 0.25) is 0 Å². The fourth-order valence-electron chi connectivity index (χ4n) is 5.06. The number of nitrogens with zero attached hydrogens (tertiary/aromatic N) is 6. The highest BCUT2D eigenvalue weighted by molar-refractivity contribution is 5.92. The lowest BCUT2D eigenvalue weighted by Gasteiger charge is -2.28. The number of carboxylic acids is 1. The van der Waals surface area contributed by atoms with Gasteiger partial charge in [0.15, 0.2) is 0 Å². The first kappa shape index (κ1) is 25.7. The predicted molar refractivity (Wildman–Crippen MR) is 146 cm³/mol. The number of carboxylic acid groups (broad SMARTS) is 1. The van der Waals surface area contributed by atoms with Gasteiger partial charge in [0.05, 0.1) is 47.0 Å². The predicted octanol–water partition coefficient (Wildman–Crippen LogP) is 3.45. The molecule has 4 aromatic rings. The van der Waals surface area contributed by atoms with E-state index in [9.17, 15) is 9.90 Å². The monoisotopic (exact) mass is 539 g/mol. The smallest absolute Gasteiger partial charge is 0.335 e. The zero-order valence-corrected chi connectivity index (χ0v) is 21.9. The number of benzene rings is 1. The molecule has 5 heterocycles. The van der Waals surface area contributed by atoms with Crippen molar-refractivity contribution in [3.05, 3.63) is 77.4 Å². The van der Waals surface area contributed by atoms with E-state index in [0.717, 1.165) is 60.9 Å². The highest BCUT2D eigenvalue weighted by Gasteiger charge is 2.27. The standard InChI is InChI=1S/C29H29N7O4/c30-13-19-4-6-22(31-14-19)18-40-28-3-1-2-26(34-28)32-21-8-10-35(15-21)17-27-33-24-7-5-20(29(37)38)12-25(24)36(27)16-23-9-11-39-23/h1-7,12,14,21,23H,8-11,15-18H2,(H,32,34)(H,37,38). The Kier molecular flexibility index (Phi) is 7.27. The number of likely N-dealkylation sites (tertiary alicyclic amines) is 1. The molecule has 2 atom stereocenters. The number of rotatable bonds is 10. The molecule has 40 heavy (non-hydrogen) atoms. The Morgan fingerprint density at radius 1 is 1.20 bits per heavy atom. The van der Waals surface area contributed by atoms with Crippen molar-refractivity contribution in [2.75, 3.05) is 25.0 Å². The summed E-state index contributed by atoms with van der Waals surface area (Å²) in [6, 6.07) is 16.5. The fraction of sp³-hybridized carbons (Fsp3) is 0.345. The molecule has 11 nitrogen and oxygen atoms in total. The minimum atomic E-state index is -0.946. The number of hydrogen-bond donors (Lipinski definition) is 2. The third kappa shape index (κ3) is 5.73. The van der Waals surface area contributed by atoms with E-state index in [2.05, 4.69) is 30.8 Å². The minimum absolute atomic E-state index is 0.130. The molecule has 2 saturated heterocycles. The van der Waals surface area contributed by atoms with Crippen LogP contribution in [-0.4, -0.2) is 67.3 Å². The van der Waals surface area contributed by atoms with Gasteiger partial charge < -0.3 is 24.5 Å². The maximum Gasteiger partial charge on any atom is 0.335 e. The Hall–Kier alpha value is -4.53. The summed E-state index contributed by atoms with van der Waals surface area (Å²) in [5, 5.41) is 21.9. The molecule has 2 aliphatic rings. The quantitative estimate of drug-likeness (QED) is 0.308. The number of anilines is 1. The molecule has 2 N–H and O–H groups in total. The summed E-state index contributed by atoms with van der Waals surface area (Å²) in [7, 11) is 0. The van der Waals surface area contributed by atoms with Gasteiger partial charge in [0.25, 0.3) is 0 Å². The largest absolute Gasteiger partial charge is 0.478 e. The second-order valence-corrected chi connectivity index (χ2v) is 10.1. The Morgan fingerprint density at radius 3 is 2.85 bits per heavy atom. The van der Waals surface area contributed by atoms with Gasteiger partial charge in [-0.25, -0.2) is 9.78 Å². The highest BCUT2D eigenvalue weighted by atomic mass is 16.5. The van der Waals surface area contributed by atoms with Gasteiger partial charge in [-0.05, 0) is 49.2 Å². The van der Waals surface area contributed by atoms with Gasteiger partial charge in [0.1, 0.15) is 24.3 Å². The number of hydrogen-bond acceptors (Lipinski definition) is 9. The summed E-state index contributed by atoms with van der Waals surface area (Å²) in [5.74, 6) is 1.21. The van der Waals surface area contributed by atoms with Gasteiger partial charge in [-0.2, -0.15) is 10.2 Å².